The molecule has 0 nitrogen and oxygen atoms in total. The van der Waals surface area contributed by atoms with E-state index in [1.807, 2.05) is 0 Å². The molecule has 0 spiro atoms. The van der Waals surface area contributed by atoms with Crippen molar-refractivity contribution < 1.29 is 0 Å². The van der Waals surface area contributed by atoms with Crippen molar-refractivity contribution in [3.05, 3.63) is 0 Å². The van der Waals surface area contributed by atoms with E-state index in [-0.39, 0.29) is 0 Å². The molecule has 0 heterocycles. The van der Waals surface area contributed by atoms with Gasteiger partial charge in [-0.05, 0) is 36.8 Å². The van der Waals surface area contributed by atoms with Crippen LogP contribution in [0.25, 0.3) is 0 Å². The van der Waals surface area contributed by atoms with Gasteiger partial charge in [-0.1, -0.05) is 91.9 Å². The summed E-state index contributed by atoms with van der Waals surface area (Å²) in [5, 5.41) is 0.529. The van der Waals surface area contributed by atoms with E-state index >= 15 is 0 Å². The highest BCUT2D eigenvalue weighted by Crippen LogP contribution is 2.42. The van der Waals surface area contributed by atoms with Crippen LogP contribution in [0.15, 0.2) is 0 Å². The van der Waals surface area contributed by atoms with Crippen molar-refractivity contribution in [1.29, 1.82) is 0 Å². The summed E-state index contributed by atoms with van der Waals surface area (Å²) >= 11 is 0. The Morgan fingerprint density at radius 2 is 1.14 bits per heavy atom. The number of hydrogen-bond donors (Lipinski definition) is 0. The predicted octanol–water partition coefficient (Wildman–Crippen LogP) is 7.76. The maximum absolute atomic E-state index is 3.29. The number of rotatable bonds is 15. The lowest BCUT2D eigenvalue weighted by atomic mass is 9.78. The second-order valence-electron chi connectivity index (χ2n) is 7.13. The second kappa shape index (κ2) is 14.0. The molecule has 1 heteroatoms. The van der Waals surface area contributed by atoms with Crippen LogP contribution in [0, 0.1) is 5.92 Å². The van der Waals surface area contributed by atoms with Gasteiger partial charge in [0.2, 0.25) is 0 Å². The summed E-state index contributed by atoms with van der Waals surface area (Å²) in [6, 6.07) is 0. The molecule has 2 atom stereocenters. The Kier molecular flexibility index (Phi) is 14.3. The van der Waals surface area contributed by atoms with Crippen molar-refractivity contribution in [1.82, 2.24) is 0 Å². The van der Waals surface area contributed by atoms with Gasteiger partial charge in [0, 0.05) is 0 Å². The first-order valence-electron chi connectivity index (χ1n) is 9.93. The quantitative estimate of drug-likeness (QED) is 0.214. The predicted molar refractivity (Wildman–Crippen MR) is 103 cm³/mol. The second-order valence-corrected chi connectivity index (χ2v) is 8.28. The van der Waals surface area contributed by atoms with E-state index in [9.17, 15) is 0 Å². The fraction of sp³-hybridized carbons (Fsp3) is 1.00. The highest BCUT2D eigenvalue weighted by atomic mass is 31.0. The third-order valence-electron chi connectivity index (χ3n) is 5.04. The fourth-order valence-electron chi connectivity index (χ4n) is 3.88. The lowest BCUT2D eigenvalue weighted by molar-refractivity contribution is 0.284. The normalized spacial score (nSPS) is 13.6. The van der Waals surface area contributed by atoms with E-state index in [2.05, 4.69) is 36.9 Å². The highest BCUT2D eigenvalue weighted by molar-refractivity contribution is 7.19. The molecule has 0 amide bonds. The Morgan fingerprint density at radius 1 is 0.619 bits per heavy atom. The van der Waals surface area contributed by atoms with E-state index < -0.39 is 0 Å². The van der Waals surface area contributed by atoms with Crippen LogP contribution < -0.4 is 0 Å². The van der Waals surface area contributed by atoms with Crippen molar-refractivity contribution in [2.24, 2.45) is 5.92 Å². The lowest BCUT2D eigenvalue weighted by Gasteiger charge is -2.38. The molecule has 0 saturated heterocycles. The summed E-state index contributed by atoms with van der Waals surface area (Å²) in [5.41, 5.74) is 0. The molecule has 0 saturated carbocycles. The molecule has 0 aromatic carbocycles. The molecule has 2 unspecified atom stereocenters. The maximum Gasteiger partial charge on any atom is -0.0122 e. The van der Waals surface area contributed by atoms with Gasteiger partial charge in [-0.3, -0.25) is 0 Å². The first-order valence-corrected chi connectivity index (χ1v) is 10.5. The van der Waals surface area contributed by atoms with E-state index in [0.29, 0.717) is 5.16 Å². The SMILES string of the molecule is CCCCCCCCCC(CCC)C(P)(CCC)CCC. The minimum absolute atomic E-state index is 0.529. The molecule has 128 valence electrons. The maximum atomic E-state index is 3.29. The van der Waals surface area contributed by atoms with Crippen LogP contribution in [-0.2, 0) is 0 Å². The summed E-state index contributed by atoms with van der Waals surface area (Å²) in [7, 11) is 3.29. The monoisotopic (exact) mass is 314 g/mol. The topological polar surface area (TPSA) is 0 Å². The summed E-state index contributed by atoms with van der Waals surface area (Å²) in [6.45, 7) is 9.37. The molecule has 0 N–H and O–H groups in total. The van der Waals surface area contributed by atoms with Crippen molar-refractivity contribution in [3.8, 4) is 0 Å². The van der Waals surface area contributed by atoms with Gasteiger partial charge in [-0.15, -0.1) is 9.24 Å². The van der Waals surface area contributed by atoms with Crippen LogP contribution in [0.1, 0.15) is 118 Å². The van der Waals surface area contributed by atoms with Crippen LogP contribution in [0.5, 0.6) is 0 Å². The van der Waals surface area contributed by atoms with Gasteiger partial charge < -0.3 is 0 Å². The molecule has 0 radical (unpaired) electrons. The summed E-state index contributed by atoms with van der Waals surface area (Å²) in [5.74, 6) is 0.933. The molecule has 21 heavy (non-hydrogen) atoms. The van der Waals surface area contributed by atoms with E-state index in [0.717, 1.165) is 5.92 Å². The fourth-order valence-corrected chi connectivity index (χ4v) is 4.79. The summed E-state index contributed by atoms with van der Waals surface area (Å²) < 4.78 is 0. The molecule has 0 fully saturated rings. The van der Waals surface area contributed by atoms with Gasteiger partial charge in [0.15, 0.2) is 0 Å². The Morgan fingerprint density at radius 3 is 1.62 bits per heavy atom. The van der Waals surface area contributed by atoms with Crippen LogP contribution in [0.2, 0.25) is 0 Å². The zero-order valence-electron chi connectivity index (χ0n) is 15.6. The molecule has 0 aromatic heterocycles. The van der Waals surface area contributed by atoms with Crippen molar-refractivity contribution in [2.75, 3.05) is 0 Å². The largest absolute Gasteiger partial charge is 0.131 e. The summed E-state index contributed by atoms with van der Waals surface area (Å²) in [6.07, 6.45) is 19.8. The highest BCUT2D eigenvalue weighted by Gasteiger charge is 2.31. The zero-order chi connectivity index (χ0) is 16.0. The van der Waals surface area contributed by atoms with Crippen molar-refractivity contribution >= 4 is 9.24 Å². The Bertz CT molecular complexity index is 206. The molecular weight excluding hydrogens is 271 g/mol. The Balaban J connectivity index is 4.14. The first kappa shape index (κ1) is 21.4. The summed E-state index contributed by atoms with van der Waals surface area (Å²) in [4.78, 5) is 0. The van der Waals surface area contributed by atoms with Crippen LogP contribution in [0.3, 0.4) is 0 Å². The van der Waals surface area contributed by atoms with E-state index in [4.69, 9.17) is 0 Å². The third kappa shape index (κ3) is 9.93. The standard InChI is InChI=1S/C20H43P/c1-5-9-10-11-12-13-14-16-19(15-6-2)20(21,17-7-3)18-8-4/h19H,5-18,21H2,1-4H3. The average Bonchev–Trinajstić information content (AvgIpc) is 2.45. The molecule has 0 bridgehead atoms. The zero-order valence-corrected chi connectivity index (χ0v) is 16.7. The molecule has 0 aliphatic heterocycles. The van der Waals surface area contributed by atoms with Crippen LogP contribution in [0.4, 0.5) is 0 Å². The van der Waals surface area contributed by atoms with Crippen LogP contribution in [-0.4, -0.2) is 5.16 Å². The third-order valence-corrected chi connectivity index (χ3v) is 6.09. The van der Waals surface area contributed by atoms with Gasteiger partial charge in [0.1, 0.15) is 0 Å². The molecule has 0 aliphatic rings. The minimum Gasteiger partial charge on any atom is -0.131 e. The van der Waals surface area contributed by atoms with Crippen LogP contribution >= 0.6 is 9.24 Å². The minimum atomic E-state index is 0.529. The van der Waals surface area contributed by atoms with E-state index in [1.54, 1.807) is 0 Å². The van der Waals surface area contributed by atoms with Gasteiger partial charge in [-0.2, -0.15) is 0 Å². The number of hydrogen-bond acceptors (Lipinski definition) is 0. The number of unbranched alkanes of at least 4 members (excludes halogenated alkanes) is 6. The molecule has 0 aliphatic carbocycles. The molecular formula is C20H43P. The molecule has 0 rings (SSSR count). The lowest BCUT2D eigenvalue weighted by Crippen LogP contribution is -2.31. The van der Waals surface area contributed by atoms with Gasteiger partial charge >= 0.3 is 0 Å². The van der Waals surface area contributed by atoms with Crippen molar-refractivity contribution in [3.63, 3.8) is 0 Å². The van der Waals surface area contributed by atoms with Gasteiger partial charge in [0.05, 0.1) is 0 Å². The van der Waals surface area contributed by atoms with Gasteiger partial charge in [-0.25, -0.2) is 0 Å². The van der Waals surface area contributed by atoms with Gasteiger partial charge in [0.25, 0.3) is 0 Å². The Hall–Kier alpha value is 0.430. The molecule has 0 aromatic rings. The van der Waals surface area contributed by atoms with E-state index in [1.165, 1.54) is 89.9 Å². The smallest absolute Gasteiger partial charge is 0.0122 e. The average molecular weight is 315 g/mol. The van der Waals surface area contributed by atoms with Crippen molar-refractivity contribution in [2.45, 2.75) is 123 Å². The Labute approximate surface area is 138 Å². The first-order chi connectivity index (χ1) is 10.1.